The topological polar surface area (TPSA) is 55.1 Å². The first-order valence-corrected chi connectivity index (χ1v) is 8.88. The summed E-state index contributed by atoms with van der Waals surface area (Å²) in [6.07, 6.45) is 8.68. The van der Waals surface area contributed by atoms with Crippen LogP contribution in [0, 0.1) is 0 Å². The van der Waals surface area contributed by atoms with E-state index in [9.17, 15) is 4.79 Å². The molecule has 0 aliphatic heterocycles. The molecule has 19 heavy (non-hydrogen) atoms. The first-order chi connectivity index (χ1) is 9.17. The van der Waals surface area contributed by atoms with Crippen LogP contribution in [-0.2, 0) is 11.2 Å². The lowest BCUT2D eigenvalue weighted by Crippen LogP contribution is -2.19. The molecule has 1 aliphatic carbocycles. The van der Waals surface area contributed by atoms with Gasteiger partial charge < -0.3 is 9.67 Å². The smallest absolute Gasteiger partial charge is 0.313 e. The maximum atomic E-state index is 10.7. The fourth-order valence-electron chi connectivity index (χ4n) is 2.70. The van der Waals surface area contributed by atoms with Gasteiger partial charge in [-0.05, 0) is 25.5 Å². The highest BCUT2D eigenvalue weighted by Crippen LogP contribution is 2.40. The fourth-order valence-corrected chi connectivity index (χ4v) is 4.45. The molecule has 1 heterocycles. The number of carboxylic acid groups (broad SMARTS) is 1. The summed E-state index contributed by atoms with van der Waals surface area (Å²) in [4.78, 5) is 15.2. The van der Waals surface area contributed by atoms with Gasteiger partial charge in [-0.25, -0.2) is 4.98 Å². The number of imidazole rings is 1. The first-order valence-electron chi connectivity index (χ1n) is 6.60. The van der Waals surface area contributed by atoms with E-state index >= 15 is 0 Å². The number of rotatable bonds is 6. The van der Waals surface area contributed by atoms with Gasteiger partial charge in [-0.1, -0.05) is 25.1 Å². The average Bonchev–Trinajstić information content (AvgIpc) is 3.01. The Balaban J connectivity index is 2.25. The van der Waals surface area contributed by atoms with Crippen molar-refractivity contribution in [1.29, 1.82) is 0 Å². The second-order valence-electron chi connectivity index (χ2n) is 4.71. The zero-order valence-corrected chi connectivity index (χ0v) is 13.0. The Labute approximate surface area is 122 Å². The molecule has 1 aliphatic rings. The van der Waals surface area contributed by atoms with Gasteiger partial charge in [0.1, 0.15) is 0 Å². The number of hydrogen-bond donors (Lipinski definition) is 1. The molecular weight excluding hydrogens is 280 g/mol. The van der Waals surface area contributed by atoms with Crippen molar-refractivity contribution >= 4 is 29.5 Å². The Morgan fingerprint density at radius 1 is 1.58 bits per heavy atom. The van der Waals surface area contributed by atoms with Gasteiger partial charge in [0.05, 0.1) is 5.75 Å². The van der Waals surface area contributed by atoms with Gasteiger partial charge in [-0.3, -0.25) is 4.79 Å². The first kappa shape index (κ1) is 14.8. The SMILES string of the molecule is CCc1cnc(SCC(=O)O)n1C1CCCC1SC. The van der Waals surface area contributed by atoms with E-state index in [0.717, 1.165) is 11.6 Å². The number of thioether (sulfide) groups is 2. The molecular formula is C13H20N2O2S2. The van der Waals surface area contributed by atoms with Gasteiger partial charge >= 0.3 is 5.97 Å². The highest BCUT2D eigenvalue weighted by molar-refractivity contribution is 7.99. The van der Waals surface area contributed by atoms with Crippen molar-refractivity contribution < 1.29 is 9.90 Å². The van der Waals surface area contributed by atoms with Crippen LogP contribution in [0.3, 0.4) is 0 Å². The van der Waals surface area contributed by atoms with Crippen LogP contribution in [-0.4, -0.2) is 37.9 Å². The standard InChI is InChI=1S/C13H20N2O2S2/c1-3-9-7-14-13(19-8-12(16)17)15(9)10-5-4-6-11(10)18-2/h7,10-11H,3-6,8H2,1-2H3,(H,16,17). The molecule has 1 fully saturated rings. The summed E-state index contributed by atoms with van der Waals surface area (Å²) in [6, 6.07) is 0.476. The number of hydrogen-bond acceptors (Lipinski definition) is 4. The van der Waals surface area contributed by atoms with Crippen LogP contribution in [0.15, 0.2) is 11.4 Å². The van der Waals surface area contributed by atoms with Gasteiger partial charge in [0, 0.05) is 23.2 Å². The van der Waals surface area contributed by atoms with Crippen molar-refractivity contribution in [3.8, 4) is 0 Å². The van der Waals surface area contributed by atoms with Crippen molar-refractivity contribution in [2.24, 2.45) is 0 Å². The Hall–Kier alpha value is -0.620. The quantitative estimate of drug-likeness (QED) is 0.818. The third-order valence-electron chi connectivity index (χ3n) is 3.58. The van der Waals surface area contributed by atoms with E-state index in [-0.39, 0.29) is 5.75 Å². The largest absolute Gasteiger partial charge is 0.481 e. The predicted octanol–water partition coefficient (Wildman–Crippen LogP) is 3.08. The Morgan fingerprint density at radius 2 is 2.37 bits per heavy atom. The van der Waals surface area contributed by atoms with E-state index in [1.54, 1.807) is 0 Å². The number of carbonyl (C=O) groups is 1. The molecule has 2 atom stereocenters. The molecule has 1 N–H and O–H groups in total. The lowest BCUT2D eigenvalue weighted by Gasteiger charge is -2.23. The Morgan fingerprint density at radius 3 is 3.00 bits per heavy atom. The minimum atomic E-state index is -0.787. The molecule has 1 saturated carbocycles. The second kappa shape index (κ2) is 6.70. The van der Waals surface area contributed by atoms with Crippen molar-refractivity contribution in [2.45, 2.75) is 49.1 Å². The lowest BCUT2D eigenvalue weighted by molar-refractivity contribution is -0.133. The Bertz CT molecular complexity index is 448. The van der Waals surface area contributed by atoms with Crippen LogP contribution in [0.2, 0.25) is 0 Å². The monoisotopic (exact) mass is 300 g/mol. The molecule has 2 rings (SSSR count). The number of carboxylic acids is 1. The lowest BCUT2D eigenvalue weighted by atomic mass is 10.2. The Kier molecular flexibility index (Phi) is 5.21. The van der Waals surface area contributed by atoms with E-state index in [0.29, 0.717) is 11.3 Å². The molecule has 2 unspecified atom stereocenters. The molecule has 1 aromatic rings. The maximum Gasteiger partial charge on any atom is 0.313 e. The summed E-state index contributed by atoms with van der Waals surface area (Å²) >= 11 is 3.25. The van der Waals surface area contributed by atoms with Crippen LogP contribution in [0.1, 0.15) is 37.9 Å². The summed E-state index contributed by atoms with van der Waals surface area (Å²) in [7, 11) is 0. The normalized spacial score (nSPS) is 22.8. The van der Waals surface area contributed by atoms with Crippen LogP contribution in [0.4, 0.5) is 0 Å². The molecule has 0 aromatic carbocycles. The highest BCUT2D eigenvalue weighted by Gasteiger charge is 2.31. The van der Waals surface area contributed by atoms with Crippen molar-refractivity contribution in [3.63, 3.8) is 0 Å². The number of aromatic nitrogens is 2. The molecule has 106 valence electrons. The van der Waals surface area contributed by atoms with Gasteiger partial charge in [-0.15, -0.1) is 0 Å². The molecule has 4 nitrogen and oxygen atoms in total. The summed E-state index contributed by atoms with van der Waals surface area (Å²) in [5, 5.41) is 10.3. The molecule has 0 spiro atoms. The van der Waals surface area contributed by atoms with Gasteiger partial charge in [-0.2, -0.15) is 11.8 Å². The predicted molar refractivity (Wildman–Crippen MR) is 80.2 cm³/mol. The third-order valence-corrected chi connectivity index (χ3v) is 5.69. The summed E-state index contributed by atoms with van der Waals surface area (Å²) in [5.41, 5.74) is 1.22. The van der Waals surface area contributed by atoms with Crippen LogP contribution in [0.25, 0.3) is 0 Å². The third kappa shape index (κ3) is 3.28. The molecule has 0 amide bonds. The van der Waals surface area contributed by atoms with Crippen molar-refractivity contribution in [2.75, 3.05) is 12.0 Å². The van der Waals surface area contributed by atoms with Crippen molar-refractivity contribution in [3.05, 3.63) is 11.9 Å². The fraction of sp³-hybridized carbons (Fsp3) is 0.692. The zero-order valence-electron chi connectivity index (χ0n) is 11.3. The molecule has 0 bridgehead atoms. The minimum absolute atomic E-state index is 0.0802. The second-order valence-corrected chi connectivity index (χ2v) is 6.73. The van der Waals surface area contributed by atoms with Gasteiger partial charge in [0.15, 0.2) is 5.16 Å². The van der Waals surface area contributed by atoms with Crippen LogP contribution in [0.5, 0.6) is 0 Å². The number of aliphatic carboxylic acids is 1. The van der Waals surface area contributed by atoms with Gasteiger partial charge in [0.25, 0.3) is 0 Å². The molecule has 0 saturated heterocycles. The van der Waals surface area contributed by atoms with E-state index in [1.165, 1.54) is 36.7 Å². The van der Waals surface area contributed by atoms with E-state index in [2.05, 4.69) is 22.7 Å². The summed E-state index contributed by atoms with van der Waals surface area (Å²) < 4.78 is 2.29. The molecule has 0 radical (unpaired) electrons. The van der Waals surface area contributed by atoms with E-state index in [1.807, 2.05) is 18.0 Å². The average molecular weight is 300 g/mol. The zero-order chi connectivity index (χ0) is 13.8. The number of aryl methyl sites for hydroxylation is 1. The minimum Gasteiger partial charge on any atom is -0.481 e. The molecule has 1 aromatic heterocycles. The summed E-state index contributed by atoms with van der Waals surface area (Å²) in [6.45, 7) is 2.13. The summed E-state index contributed by atoms with van der Waals surface area (Å²) in [5.74, 6) is -0.706. The molecule has 6 heteroatoms. The van der Waals surface area contributed by atoms with Crippen molar-refractivity contribution in [1.82, 2.24) is 9.55 Å². The highest BCUT2D eigenvalue weighted by atomic mass is 32.2. The van der Waals surface area contributed by atoms with Gasteiger partial charge in [0.2, 0.25) is 0 Å². The maximum absolute atomic E-state index is 10.7. The van der Waals surface area contributed by atoms with E-state index in [4.69, 9.17) is 5.11 Å². The van der Waals surface area contributed by atoms with E-state index < -0.39 is 5.97 Å². The van der Waals surface area contributed by atoms with Crippen LogP contribution >= 0.6 is 23.5 Å². The number of nitrogens with zero attached hydrogens (tertiary/aromatic N) is 2. The van der Waals surface area contributed by atoms with Crippen LogP contribution < -0.4 is 0 Å².